The Bertz CT molecular complexity index is 377. The van der Waals surface area contributed by atoms with E-state index in [0.717, 1.165) is 29.8 Å². The van der Waals surface area contributed by atoms with Crippen LogP contribution in [0.4, 0.5) is 0 Å². The number of aromatic nitrogens is 1. The molecule has 1 aromatic rings. The minimum atomic E-state index is -0.0901. The van der Waals surface area contributed by atoms with E-state index in [1.165, 1.54) is 11.3 Å². The molecule has 0 radical (unpaired) electrons. The van der Waals surface area contributed by atoms with Gasteiger partial charge in [0.25, 0.3) is 0 Å². The number of hydrogen-bond donors (Lipinski definition) is 0. The maximum Gasteiger partial charge on any atom is 0.309 e. The van der Waals surface area contributed by atoms with Crippen LogP contribution in [-0.2, 0) is 22.4 Å². The molecule has 15 heavy (non-hydrogen) atoms. The molecule has 5 heteroatoms. The summed E-state index contributed by atoms with van der Waals surface area (Å²) in [6.45, 7) is 2.28. The zero-order valence-electron chi connectivity index (χ0n) is 8.46. The van der Waals surface area contributed by atoms with Crippen molar-refractivity contribution in [2.75, 3.05) is 6.61 Å². The van der Waals surface area contributed by atoms with Gasteiger partial charge in [-0.3, -0.25) is 4.79 Å². The number of rotatable bonds is 2. The molecule has 2 rings (SSSR count). The third kappa shape index (κ3) is 2.32. The van der Waals surface area contributed by atoms with Crippen LogP contribution in [0.1, 0.15) is 23.9 Å². The van der Waals surface area contributed by atoms with Gasteiger partial charge in [-0.1, -0.05) is 11.6 Å². The largest absolute Gasteiger partial charge is 0.466 e. The van der Waals surface area contributed by atoms with Gasteiger partial charge >= 0.3 is 5.97 Å². The fraction of sp³-hybridized carbons (Fsp3) is 0.600. The van der Waals surface area contributed by atoms with Gasteiger partial charge in [0.1, 0.15) is 0 Å². The first kappa shape index (κ1) is 10.9. The van der Waals surface area contributed by atoms with Gasteiger partial charge in [0.05, 0.1) is 18.2 Å². The summed E-state index contributed by atoms with van der Waals surface area (Å²) >= 11 is 7.31. The lowest BCUT2D eigenvalue weighted by Gasteiger charge is -2.19. The normalized spacial score (nSPS) is 19.7. The second-order valence-corrected chi connectivity index (χ2v) is 5.19. The summed E-state index contributed by atoms with van der Waals surface area (Å²) < 4.78 is 5.59. The highest BCUT2D eigenvalue weighted by Gasteiger charge is 2.28. The maximum absolute atomic E-state index is 11.5. The van der Waals surface area contributed by atoms with Crippen LogP contribution in [0.2, 0.25) is 4.47 Å². The molecule has 0 aliphatic heterocycles. The molecule has 0 fully saturated rings. The highest BCUT2D eigenvalue weighted by molar-refractivity contribution is 7.15. The molecule has 1 aromatic heterocycles. The van der Waals surface area contributed by atoms with E-state index in [2.05, 4.69) is 4.98 Å². The first-order chi connectivity index (χ1) is 7.20. The number of ether oxygens (including phenoxy) is 1. The molecule has 1 atom stereocenters. The Labute approximate surface area is 97.4 Å². The highest BCUT2D eigenvalue weighted by atomic mass is 35.5. The average Bonchev–Trinajstić information content (AvgIpc) is 2.57. The van der Waals surface area contributed by atoms with Gasteiger partial charge in [-0.2, -0.15) is 0 Å². The highest BCUT2D eigenvalue weighted by Crippen LogP contribution is 2.32. The van der Waals surface area contributed by atoms with Crippen LogP contribution in [0.5, 0.6) is 0 Å². The second kappa shape index (κ2) is 4.49. The average molecular weight is 246 g/mol. The van der Waals surface area contributed by atoms with Crippen molar-refractivity contribution in [3.05, 3.63) is 15.0 Å². The molecule has 0 amide bonds. The van der Waals surface area contributed by atoms with Gasteiger partial charge in [-0.05, 0) is 26.2 Å². The third-order valence-electron chi connectivity index (χ3n) is 2.53. The van der Waals surface area contributed by atoms with E-state index in [9.17, 15) is 4.79 Å². The second-order valence-electron chi connectivity index (χ2n) is 3.53. The zero-order chi connectivity index (χ0) is 10.8. The van der Waals surface area contributed by atoms with E-state index in [1.807, 2.05) is 6.92 Å². The van der Waals surface area contributed by atoms with Crippen LogP contribution in [0.3, 0.4) is 0 Å². The number of nitrogens with zero attached hydrogens (tertiary/aromatic N) is 1. The summed E-state index contributed by atoms with van der Waals surface area (Å²) in [5, 5.41) is 0. The van der Waals surface area contributed by atoms with Crippen molar-refractivity contribution in [1.29, 1.82) is 0 Å². The van der Waals surface area contributed by atoms with Gasteiger partial charge in [-0.15, -0.1) is 11.3 Å². The summed E-state index contributed by atoms with van der Waals surface area (Å²) in [7, 11) is 0. The predicted molar refractivity (Wildman–Crippen MR) is 59.3 cm³/mol. The summed E-state index contributed by atoms with van der Waals surface area (Å²) in [5.74, 6) is -0.0957. The Hall–Kier alpha value is -0.610. The maximum atomic E-state index is 11.5. The van der Waals surface area contributed by atoms with E-state index in [-0.39, 0.29) is 11.9 Å². The zero-order valence-corrected chi connectivity index (χ0v) is 10.0. The SMILES string of the molecule is CCOC(=O)C1CCc2nc(Cl)sc2C1. The lowest BCUT2D eigenvalue weighted by atomic mass is 9.91. The Morgan fingerprint density at radius 1 is 1.73 bits per heavy atom. The number of esters is 1. The molecule has 1 aliphatic rings. The molecule has 0 aromatic carbocycles. The van der Waals surface area contributed by atoms with Crippen molar-refractivity contribution in [3.63, 3.8) is 0 Å². The molecule has 0 N–H and O–H groups in total. The number of carbonyl (C=O) groups is 1. The number of thiazole rings is 1. The summed E-state index contributed by atoms with van der Waals surface area (Å²) in [6.07, 6.45) is 2.40. The van der Waals surface area contributed by atoms with Crippen LogP contribution < -0.4 is 0 Å². The molecule has 0 spiro atoms. The van der Waals surface area contributed by atoms with Gasteiger partial charge < -0.3 is 4.74 Å². The Kier molecular flexibility index (Phi) is 3.26. The number of hydrogen-bond acceptors (Lipinski definition) is 4. The summed E-state index contributed by atoms with van der Waals surface area (Å²) in [4.78, 5) is 16.9. The van der Waals surface area contributed by atoms with E-state index < -0.39 is 0 Å². The monoisotopic (exact) mass is 245 g/mol. The van der Waals surface area contributed by atoms with Crippen molar-refractivity contribution < 1.29 is 9.53 Å². The van der Waals surface area contributed by atoms with Crippen LogP contribution >= 0.6 is 22.9 Å². The van der Waals surface area contributed by atoms with Crippen molar-refractivity contribution in [2.24, 2.45) is 5.92 Å². The molecule has 1 aliphatic carbocycles. The molecule has 1 unspecified atom stereocenters. The number of carbonyl (C=O) groups excluding carboxylic acids is 1. The Morgan fingerprint density at radius 2 is 2.53 bits per heavy atom. The molecule has 82 valence electrons. The Balaban J connectivity index is 2.08. The fourth-order valence-corrected chi connectivity index (χ4v) is 3.10. The molecule has 0 bridgehead atoms. The predicted octanol–water partition coefficient (Wildman–Crippen LogP) is 2.46. The standard InChI is InChI=1S/C10H12ClNO2S/c1-2-14-9(13)6-3-4-7-8(5-6)15-10(11)12-7/h6H,2-5H2,1H3. The lowest BCUT2D eigenvalue weighted by Crippen LogP contribution is -2.24. The third-order valence-corrected chi connectivity index (χ3v) is 3.76. The van der Waals surface area contributed by atoms with E-state index in [0.29, 0.717) is 11.1 Å². The van der Waals surface area contributed by atoms with E-state index in [1.54, 1.807) is 0 Å². The van der Waals surface area contributed by atoms with Crippen molar-refractivity contribution in [1.82, 2.24) is 4.98 Å². The van der Waals surface area contributed by atoms with Crippen LogP contribution in [0, 0.1) is 5.92 Å². The van der Waals surface area contributed by atoms with Gasteiger partial charge in [0, 0.05) is 4.88 Å². The summed E-state index contributed by atoms with van der Waals surface area (Å²) in [6, 6.07) is 0. The minimum Gasteiger partial charge on any atom is -0.466 e. The van der Waals surface area contributed by atoms with E-state index in [4.69, 9.17) is 16.3 Å². The molecule has 0 saturated carbocycles. The molecular formula is C10H12ClNO2S. The van der Waals surface area contributed by atoms with E-state index >= 15 is 0 Å². The van der Waals surface area contributed by atoms with Crippen LogP contribution in [-0.4, -0.2) is 17.6 Å². The first-order valence-electron chi connectivity index (χ1n) is 5.01. The molecular weight excluding hydrogens is 234 g/mol. The first-order valence-corrected chi connectivity index (χ1v) is 6.21. The number of fused-ring (bicyclic) bond motifs is 1. The minimum absolute atomic E-state index is 0.00559. The fourth-order valence-electron chi connectivity index (χ4n) is 1.80. The van der Waals surface area contributed by atoms with Gasteiger partial charge in [-0.25, -0.2) is 4.98 Å². The van der Waals surface area contributed by atoms with Gasteiger partial charge in [0.15, 0.2) is 4.47 Å². The summed E-state index contributed by atoms with van der Waals surface area (Å²) in [5.41, 5.74) is 1.06. The molecule has 3 nitrogen and oxygen atoms in total. The van der Waals surface area contributed by atoms with Crippen LogP contribution in [0.15, 0.2) is 0 Å². The van der Waals surface area contributed by atoms with Crippen molar-refractivity contribution in [2.45, 2.75) is 26.2 Å². The van der Waals surface area contributed by atoms with Crippen molar-refractivity contribution in [3.8, 4) is 0 Å². The van der Waals surface area contributed by atoms with Gasteiger partial charge in [0.2, 0.25) is 0 Å². The quantitative estimate of drug-likeness (QED) is 0.752. The Morgan fingerprint density at radius 3 is 3.27 bits per heavy atom. The topological polar surface area (TPSA) is 39.2 Å². The number of halogens is 1. The molecule has 0 saturated heterocycles. The molecule has 1 heterocycles. The van der Waals surface area contributed by atoms with Crippen molar-refractivity contribution >= 4 is 28.9 Å². The van der Waals surface area contributed by atoms with Crippen LogP contribution in [0.25, 0.3) is 0 Å². The number of aryl methyl sites for hydroxylation is 1. The lowest BCUT2D eigenvalue weighted by molar-refractivity contribution is -0.148. The smallest absolute Gasteiger partial charge is 0.309 e.